The Hall–Kier alpha value is -1.01. The number of hydrogen-bond acceptors (Lipinski definition) is 4. The van der Waals surface area contributed by atoms with E-state index >= 15 is 0 Å². The standard InChI is InChI=1S/C14H18Cl2N2O3/c15-12-3-2-11(5-13(12)16)21-8-10(19)7-17-6-9-1-4-14(20)18-9/h2-3,5,9-10,17,19H,1,4,6-8H2,(H,18,20). The molecule has 21 heavy (non-hydrogen) atoms. The first-order chi connectivity index (χ1) is 10.0. The lowest BCUT2D eigenvalue weighted by Gasteiger charge is -2.15. The molecule has 1 aromatic carbocycles. The second-order valence-electron chi connectivity index (χ2n) is 5.00. The number of carbonyl (C=O) groups excluding carboxylic acids is 1. The minimum Gasteiger partial charge on any atom is -0.491 e. The Labute approximate surface area is 133 Å². The SMILES string of the molecule is O=C1CCC(CNCC(O)COc2ccc(Cl)c(Cl)c2)N1. The third-order valence-electron chi connectivity index (χ3n) is 3.19. The van der Waals surface area contributed by atoms with E-state index in [9.17, 15) is 9.90 Å². The van der Waals surface area contributed by atoms with Crippen LogP contribution in [0.3, 0.4) is 0 Å². The Bertz CT molecular complexity index is 499. The lowest BCUT2D eigenvalue weighted by molar-refractivity contribution is -0.119. The minimum atomic E-state index is -0.642. The van der Waals surface area contributed by atoms with Crippen LogP contribution < -0.4 is 15.4 Å². The summed E-state index contributed by atoms with van der Waals surface area (Å²) in [7, 11) is 0. The van der Waals surface area contributed by atoms with Gasteiger partial charge in [0.2, 0.25) is 5.91 Å². The van der Waals surface area contributed by atoms with Crippen molar-refractivity contribution in [1.29, 1.82) is 0 Å². The van der Waals surface area contributed by atoms with E-state index in [0.717, 1.165) is 6.42 Å². The average molecular weight is 333 g/mol. The van der Waals surface area contributed by atoms with Gasteiger partial charge >= 0.3 is 0 Å². The summed E-state index contributed by atoms with van der Waals surface area (Å²) in [6, 6.07) is 5.10. The van der Waals surface area contributed by atoms with E-state index in [-0.39, 0.29) is 18.6 Å². The van der Waals surface area contributed by atoms with Gasteiger partial charge in [-0.3, -0.25) is 4.79 Å². The second-order valence-corrected chi connectivity index (χ2v) is 5.82. The molecule has 0 saturated carbocycles. The number of aliphatic hydroxyl groups excluding tert-OH is 1. The van der Waals surface area contributed by atoms with E-state index in [1.807, 2.05) is 0 Å². The van der Waals surface area contributed by atoms with Gasteiger partial charge in [-0.1, -0.05) is 23.2 Å². The predicted octanol–water partition coefficient (Wildman–Crippen LogP) is 1.60. The van der Waals surface area contributed by atoms with Crippen molar-refractivity contribution in [2.24, 2.45) is 0 Å². The topological polar surface area (TPSA) is 70.6 Å². The molecule has 7 heteroatoms. The molecule has 0 bridgehead atoms. The van der Waals surface area contributed by atoms with Gasteiger partial charge in [0.25, 0.3) is 0 Å². The van der Waals surface area contributed by atoms with E-state index in [2.05, 4.69) is 10.6 Å². The summed E-state index contributed by atoms with van der Waals surface area (Å²) in [5, 5.41) is 16.7. The lowest BCUT2D eigenvalue weighted by Crippen LogP contribution is -2.40. The predicted molar refractivity (Wildman–Crippen MR) is 82.0 cm³/mol. The average Bonchev–Trinajstić information content (AvgIpc) is 2.86. The van der Waals surface area contributed by atoms with Crippen molar-refractivity contribution >= 4 is 29.1 Å². The summed E-state index contributed by atoms with van der Waals surface area (Å²) in [5.74, 6) is 0.650. The third kappa shape index (κ3) is 5.36. The van der Waals surface area contributed by atoms with Crippen molar-refractivity contribution in [2.45, 2.75) is 25.0 Å². The van der Waals surface area contributed by atoms with Gasteiger partial charge in [0.05, 0.1) is 10.0 Å². The van der Waals surface area contributed by atoms with Gasteiger partial charge in [0, 0.05) is 31.6 Å². The van der Waals surface area contributed by atoms with Gasteiger partial charge in [0.15, 0.2) is 0 Å². The summed E-state index contributed by atoms with van der Waals surface area (Å²) in [6.45, 7) is 1.20. The summed E-state index contributed by atoms with van der Waals surface area (Å²) < 4.78 is 5.44. The van der Waals surface area contributed by atoms with Gasteiger partial charge in [-0.2, -0.15) is 0 Å². The number of carbonyl (C=O) groups is 1. The highest BCUT2D eigenvalue weighted by molar-refractivity contribution is 6.42. The second kappa shape index (κ2) is 7.84. The smallest absolute Gasteiger partial charge is 0.220 e. The molecule has 0 radical (unpaired) electrons. The van der Waals surface area contributed by atoms with Crippen LogP contribution in [0.1, 0.15) is 12.8 Å². The highest BCUT2D eigenvalue weighted by Crippen LogP contribution is 2.26. The van der Waals surface area contributed by atoms with Crippen LogP contribution in [0.2, 0.25) is 10.0 Å². The molecule has 1 aliphatic heterocycles. The normalized spacial score (nSPS) is 19.4. The fourth-order valence-electron chi connectivity index (χ4n) is 2.07. The number of halogens is 2. The fourth-order valence-corrected chi connectivity index (χ4v) is 2.36. The number of rotatable bonds is 7. The molecule has 116 valence electrons. The largest absolute Gasteiger partial charge is 0.491 e. The van der Waals surface area contributed by atoms with Gasteiger partial charge < -0.3 is 20.5 Å². The highest BCUT2D eigenvalue weighted by atomic mass is 35.5. The van der Waals surface area contributed by atoms with Gasteiger partial charge in [0.1, 0.15) is 18.5 Å². The van der Waals surface area contributed by atoms with E-state index < -0.39 is 6.10 Å². The Kier molecular flexibility index (Phi) is 6.11. The van der Waals surface area contributed by atoms with Crippen molar-refractivity contribution in [1.82, 2.24) is 10.6 Å². The molecule has 2 atom stereocenters. The molecule has 0 spiro atoms. The molecular formula is C14H18Cl2N2O3. The van der Waals surface area contributed by atoms with Crippen molar-refractivity contribution in [3.05, 3.63) is 28.2 Å². The molecule has 0 aromatic heterocycles. The van der Waals surface area contributed by atoms with Crippen LogP contribution in [0, 0.1) is 0 Å². The number of amides is 1. The molecule has 1 aliphatic rings. The van der Waals surface area contributed by atoms with Crippen LogP contribution in [0.4, 0.5) is 0 Å². The quantitative estimate of drug-likeness (QED) is 0.709. The van der Waals surface area contributed by atoms with Crippen molar-refractivity contribution < 1.29 is 14.6 Å². The Morgan fingerprint density at radius 2 is 2.24 bits per heavy atom. The molecule has 1 heterocycles. The zero-order chi connectivity index (χ0) is 15.2. The fraction of sp³-hybridized carbons (Fsp3) is 0.500. The van der Waals surface area contributed by atoms with Crippen LogP contribution >= 0.6 is 23.2 Å². The molecule has 1 aromatic rings. The maximum Gasteiger partial charge on any atom is 0.220 e. The molecular weight excluding hydrogens is 315 g/mol. The summed E-state index contributed by atoms with van der Waals surface area (Å²) in [4.78, 5) is 11.0. The molecule has 2 unspecified atom stereocenters. The Balaban J connectivity index is 1.64. The van der Waals surface area contributed by atoms with Gasteiger partial charge in [-0.25, -0.2) is 0 Å². The first-order valence-electron chi connectivity index (χ1n) is 6.80. The van der Waals surface area contributed by atoms with Gasteiger partial charge in [-0.15, -0.1) is 0 Å². The highest BCUT2D eigenvalue weighted by Gasteiger charge is 2.20. The third-order valence-corrected chi connectivity index (χ3v) is 3.93. The van der Waals surface area contributed by atoms with Gasteiger partial charge in [-0.05, 0) is 18.6 Å². The molecule has 3 N–H and O–H groups in total. The molecule has 5 nitrogen and oxygen atoms in total. The summed E-state index contributed by atoms with van der Waals surface area (Å²) in [6.07, 6.45) is 0.772. The number of aliphatic hydroxyl groups is 1. The van der Waals surface area contributed by atoms with Crippen LogP contribution in [0.5, 0.6) is 5.75 Å². The van der Waals surface area contributed by atoms with Crippen LogP contribution in [-0.4, -0.2) is 42.9 Å². The molecule has 2 rings (SSSR count). The van der Waals surface area contributed by atoms with E-state index in [1.165, 1.54) is 0 Å². The van der Waals surface area contributed by atoms with E-state index in [0.29, 0.717) is 35.3 Å². The van der Waals surface area contributed by atoms with Crippen LogP contribution in [-0.2, 0) is 4.79 Å². The number of ether oxygens (including phenoxy) is 1. The van der Waals surface area contributed by atoms with Crippen LogP contribution in [0.25, 0.3) is 0 Å². The summed E-state index contributed by atoms with van der Waals surface area (Å²) >= 11 is 11.7. The Morgan fingerprint density at radius 1 is 1.43 bits per heavy atom. The van der Waals surface area contributed by atoms with Crippen molar-refractivity contribution in [3.63, 3.8) is 0 Å². The Morgan fingerprint density at radius 3 is 2.90 bits per heavy atom. The lowest BCUT2D eigenvalue weighted by atomic mass is 10.2. The number of hydrogen-bond donors (Lipinski definition) is 3. The first kappa shape index (κ1) is 16.4. The molecule has 1 amide bonds. The number of nitrogens with one attached hydrogen (secondary N) is 2. The molecule has 0 aliphatic carbocycles. The first-order valence-corrected chi connectivity index (χ1v) is 7.56. The van der Waals surface area contributed by atoms with E-state index in [1.54, 1.807) is 18.2 Å². The maximum absolute atomic E-state index is 11.0. The molecule has 1 fully saturated rings. The molecule has 1 saturated heterocycles. The van der Waals surface area contributed by atoms with Crippen molar-refractivity contribution in [2.75, 3.05) is 19.7 Å². The zero-order valence-corrected chi connectivity index (χ0v) is 13.0. The minimum absolute atomic E-state index is 0.0882. The monoisotopic (exact) mass is 332 g/mol. The van der Waals surface area contributed by atoms with Crippen molar-refractivity contribution in [3.8, 4) is 5.75 Å². The maximum atomic E-state index is 11.0. The summed E-state index contributed by atoms with van der Waals surface area (Å²) in [5.41, 5.74) is 0. The number of benzene rings is 1. The van der Waals surface area contributed by atoms with Crippen LogP contribution in [0.15, 0.2) is 18.2 Å². The van der Waals surface area contributed by atoms with E-state index in [4.69, 9.17) is 27.9 Å². The zero-order valence-electron chi connectivity index (χ0n) is 11.4.